The molecule has 0 saturated heterocycles. The molecule has 1 heterocycles. The molecule has 0 aliphatic heterocycles. The summed E-state index contributed by atoms with van der Waals surface area (Å²) in [6.45, 7) is 6.73. The van der Waals surface area contributed by atoms with Crippen LogP contribution in [0, 0.1) is 0 Å². The molecular formula is C13H25N3O2. The van der Waals surface area contributed by atoms with Crippen molar-refractivity contribution >= 4 is 0 Å². The molecule has 0 aliphatic rings. The van der Waals surface area contributed by atoms with E-state index in [4.69, 9.17) is 9.63 Å². The molecule has 5 nitrogen and oxygen atoms in total. The van der Waals surface area contributed by atoms with Gasteiger partial charge >= 0.3 is 0 Å². The molecule has 104 valence electrons. The SMILES string of the molecule is CCCCc1noc(CN(CCO)CCCC)n1. The standard InChI is InChI=1S/C13H25N3O2/c1-3-5-7-12-14-13(18-15-12)11-16(9-10-17)8-6-4-2/h17H,3-11H2,1-2H3. The molecule has 1 N–H and O–H groups in total. The molecular weight excluding hydrogens is 230 g/mol. The van der Waals surface area contributed by atoms with Gasteiger partial charge in [0.25, 0.3) is 0 Å². The summed E-state index contributed by atoms with van der Waals surface area (Å²) in [5.74, 6) is 1.46. The van der Waals surface area contributed by atoms with Crippen molar-refractivity contribution in [2.75, 3.05) is 19.7 Å². The van der Waals surface area contributed by atoms with Crippen LogP contribution in [0.25, 0.3) is 0 Å². The van der Waals surface area contributed by atoms with E-state index in [1.54, 1.807) is 0 Å². The molecule has 1 rings (SSSR count). The van der Waals surface area contributed by atoms with Crippen LogP contribution >= 0.6 is 0 Å². The number of nitrogens with zero attached hydrogens (tertiary/aromatic N) is 3. The van der Waals surface area contributed by atoms with Crippen molar-refractivity contribution in [1.29, 1.82) is 0 Å². The molecule has 0 radical (unpaired) electrons. The minimum atomic E-state index is 0.167. The third-order valence-corrected chi connectivity index (χ3v) is 2.87. The lowest BCUT2D eigenvalue weighted by Gasteiger charge is -2.18. The Hall–Kier alpha value is -0.940. The lowest BCUT2D eigenvalue weighted by molar-refractivity contribution is 0.172. The summed E-state index contributed by atoms with van der Waals surface area (Å²) in [5, 5.41) is 13.0. The van der Waals surface area contributed by atoms with Crippen molar-refractivity contribution in [1.82, 2.24) is 15.0 Å². The molecule has 0 aliphatic carbocycles. The van der Waals surface area contributed by atoms with Gasteiger partial charge in [0.15, 0.2) is 5.82 Å². The van der Waals surface area contributed by atoms with Gasteiger partial charge in [0, 0.05) is 13.0 Å². The van der Waals surface area contributed by atoms with Crippen LogP contribution in [-0.4, -0.2) is 39.8 Å². The van der Waals surface area contributed by atoms with Crippen LogP contribution in [0.15, 0.2) is 4.52 Å². The van der Waals surface area contributed by atoms with Crippen molar-refractivity contribution < 1.29 is 9.63 Å². The predicted molar refractivity (Wildman–Crippen MR) is 70.2 cm³/mol. The lowest BCUT2D eigenvalue weighted by Crippen LogP contribution is -2.27. The number of unbranched alkanes of at least 4 members (excludes halogenated alkanes) is 2. The zero-order chi connectivity index (χ0) is 13.2. The second-order valence-electron chi connectivity index (χ2n) is 4.56. The Morgan fingerprint density at radius 1 is 1.17 bits per heavy atom. The van der Waals surface area contributed by atoms with E-state index in [1.165, 1.54) is 0 Å². The van der Waals surface area contributed by atoms with Gasteiger partial charge < -0.3 is 9.63 Å². The summed E-state index contributed by atoms with van der Waals surface area (Å²) in [6.07, 6.45) is 5.38. The second-order valence-corrected chi connectivity index (χ2v) is 4.56. The van der Waals surface area contributed by atoms with Gasteiger partial charge in [-0.3, -0.25) is 4.90 Å². The van der Waals surface area contributed by atoms with Gasteiger partial charge in [0.2, 0.25) is 5.89 Å². The largest absolute Gasteiger partial charge is 0.395 e. The fourth-order valence-corrected chi connectivity index (χ4v) is 1.78. The minimum absolute atomic E-state index is 0.167. The zero-order valence-corrected chi connectivity index (χ0v) is 11.6. The van der Waals surface area contributed by atoms with E-state index in [2.05, 4.69) is 28.9 Å². The van der Waals surface area contributed by atoms with Gasteiger partial charge in [-0.25, -0.2) is 0 Å². The zero-order valence-electron chi connectivity index (χ0n) is 11.6. The average molecular weight is 255 g/mol. The smallest absolute Gasteiger partial charge is 0.240 e. The summed E-state index contributed by atoms with van der Waals surface area (Å²) in [4.78, 5) is 6.53. The molecule has 0 atom stereocenters. The Kier molecular flexibility index (Phi) is 7.60. The van der Waals surface area contributed by atoms with Gasteiger partial charge in [-0.05, 0) is 19.4 Å². The Bertz CT molecular complexity index is 315. The fraction of sp³-hybridized carbons (Fsp3) is 0.846. The summed E-state index contributed by atoms with van der Waals surface area (Å²) >= 11 is 0. The van der Waals surface area contributed by atoms with Crippen LogP contribution in [-0.2, 0) is 13.0 Å². The van der Waals surface area contributed by atoms with Crippen molar-refractivity contribution in [2.45, 2.75) is 52.5 Å². The third-order valence-electron chi connectivity index (χ3n) is 2.87. The highest BCUT2D eigenvalue weighted by Gasteiger charge is 2.11. The highest BCUT2D eigenvalue weighted by Crippen LogP contribution is 2.06. The van der Waals surface area contributed by atoms with E-state index in [9.17, 15) is 0 Å². The minimum Gasteiger partial charge on any atom is -0.395 e. The van der Waals surface area contributed by atoms with Crippen molar-refractivity contribution in [3.63, 3.8) is 0 Å². The van der Waals surface area contributed by atoms with Gasteiger partial charge in [-0.1, -0.05) is 31.8 Å². The monoisotopic (exact) mass is 255 g/mol. The van der Waals surface area contributed by atoms with Gasteiger partial charge in [-0.2, -0.15) is 4.98 Å². The Balaban J connectivity index is 2.43. The van der Waals surface area contributed by atoms with Crippen LogP contribution < -0.4 is 0 Å². The molecule has 0 aromatic carbocycles. The molecule has 5 heteroatoms. The Labute approximate surface area is 109 Å². The molecule has 18 heavy (non-hydrogen) atoms. The Morgan fingerprint density at radius 2 is 1.94 bits per heavy atom. The summed E-state index contributed by atoms with van der Waals surface area (Å²) in [5.41, 5.74) is 0. The van der Waals surface area contributed by atoms with E-state index >= 15 is 0 Å². The first-order valence-corrected chi connectivity index (χ1v) is 6.94. The number of hydrogen-bond donors (Lipinski definition) is 1. The molecule has 0 saturated carbocycles. The number of hydrogen-bond acceptors (Lipinski definition) is 5. The number of aromatic nitrogens is 2. The van der Waals surface area contributed by atoms with E-state index < -0.39 is 0 Å². The van der Waals surface area contributed by atoms with E-state index in [-0.39, 0.29) is 6.61 Å². The first-order chi connectivity index (χ1) is 8.80. The number of aliphatic hydroxyl groups is 1. The third kappa shape index (κ3) is 5.60. The molecule has 0 amide bonds. The Morgan fingerprint density at radius 3 is 2.61 bits per heavy atom. The van der Waals surface area contributed by atoms with Crippen molar-refractivity contribution in [3.05, 3.63) is 11.7 Å². The molecule has 1 aromatic heterocycles. The average Bonchev–Trinajstić information content (AvgIpc) is 2.81. The predicted octanol–water partition coefficient (Wildman–Crippen LogP) is 2.01. The van der Waals surface area contributed by atoms with E-state index in [1.807, 2.05) is 0 Å². The van der Waals surface area contributed by atoms with Gasteiger partial charge in [0.1, 0.15) is 0 Å². The maximum atomic E-state index is 9.03. The maximum absolute atomic E-state index is 9.03. The fourth-order valence-electron chi connectivity index (χ4n) is 1.78. The summed E-state index contributed by atoms with van der Waals surface area (Å²) in [7, 11) is 0. The van der Waals surface area contributed by atoms with Crippen LogP contribution in [0.1, 0.15) is 51.2 Å². The maximum Gasteiger partial charge on any atom is 0.240 e. The summed E-state index contributed by atoms with van der Waals surface area (Å²) < 4.78 is 5.23. The van der Waals surface area contributed by atoms with E-state index in [0.717, 1.165) is 44.5 Å². The highest BCUT2D eigenvalue weighted by molar-refractivity contribution is 4.86. The molecule has 0 spiro atoms. The van der Waals surface area contributed by atoms with Crippen molar-refractivity contribution in [3.8, 4) is 0 Å². The van der Waals surface area contributed by atoms with Crippen LogP contribution in [0.4, 0.5) is 0 Å². The van der Waals surface area contributed by atoms with Crippen LogP contribution in [0.5, 0.6) is 0 Å². The molecule has 0 fully saturated rings. The number of aliphatic hydroxyl groups excluding tert-OH is 1. The number of aryl methyl sites for hydroxylation is 1. The molecule has 1 aromatic rings. The molecule has 0 unspecified atom stereocenters. The van der Waals surface area contributed by atoms with E-state index in [0.29, 0.717) is 19.0 Å². The summed E-state index contributed by atoms with van der Waals surface area (Å²) in [6, 6.07) is 0. The van der Waals surface area contributed by atoms with Crippen molar-refractivity contribution in [2.24, 2.45) is 0 Å². The topological polar surface area (TPSA) is 62.4 Å². The highest BCUT2D eigenvalue weighted by atomic mass is 16.5. The normalized spacial score (nSPS) is 11.3. The van der Waals surface area contributed by atoms with Gasteiger partial charge in [0.05, 0.1) is 13.2 Å². The first-order valence-electron chi connectivity index (χ1n) is 6.94. The first kappa shape index (κ1) is 15.1. The van der Waals surface area contributed by atoms with Crippen LogP contribution in [0.3, 0.4) is 0 Å². The second kappa shape index (κ2) is 9.05. The quantitative estimate of drug-likeness (QED) is 0.693. The lowest BCUT2D eigenvalue weighted by atomic mass is 10.2. The molecule has 0 bridgehead atoms. The van der Waals surface area contributed by atoms with Crippen LogP contribution in [0.2, 0.25) is 0 Å². The van der Waals surface area contributed by atoms with Gasteiger partial charge in [-0.15, -0.1) is 0 Å². The number of rotatable bonds is 10.